The number of alkyl halides is 1. The number of sulfonamides is 1. The molecule has 0 amide bonds. The van der Waals surface area contributed by atoms with Gasteiger partial charge in [0.1, 0.15) is 0 Å². The minimum absolute atomic E-state index is 0.00877. The maximum atomic E-state index is 12.4. The highest BCUT2D eigenvalue weighted by molar-refractivity contribution is 7.98. The standard InChI is InChI=1S/C11H18ClNO2S3/c1-9(4-6-16-3)13(2)18(14,15)11-5-7-17-10(11)8-12/h5,7,9H,4,6,8H2,1-3H3. The van der Waals surface area contributed by atoms with Gasteiger partial charge in [-0.05, 0) is 36.8 Å². The summed E-state index contributed by atoms with van der Waals surface area (Å²) in [4.78, 5) is 1.06. The van der Waals surface area contributed by atoms with Gasteiger partial charge in [0.15, 0.2) is 0 Å². The highest BCUT2D eigenvalue weighted by atomic mass is 35.5. The van der Waals surface area contributed by atoms with Gasteiger partial charge >= 0.3 is 0 Å². The van der Waals surface area contributed by atoms with Crippen LogP contribution in [-0.4, -0.2) is 37.8 Å². The van der Waals surface area contributed by atoms with Crippen molar-refractivity contribution >= 4 is 44.7 Å². The Kier molecular flexibility index (Phi) is 6.47. The van der Waals surface area contributed by atoms with Crippen molar-refractivity contribution in [2.75, 3.05) is 19.1 Å². The van der Waals surface area contributed by atoms with E-state index in [1.54, 1.807) is 30.3 Å². The Bertz CT molecular complexity index is 472. The summed E-state index contributed by atoms with van der Waals surface area (Å²) in [5.74, 6) is 1.19. The topological polar surface area (TPSA) is 37.4 Å². The average molecular weight is 328 g/mol. The Hall–Kier alpha value is 0.250. The van der Waals surface area contributed by atoms with Crippen molar-refractivity contribution in [2.24, 2.45) is 0 Å². The molecule has 1 heterocycles. The SMILES string of the molecule is CSCCC(C)N(C)S(=O)(=O)c1ccsc1CCl. The van der Waals surface area contributed by atoms with Gasteiger partial charge in [0.2, 0.25) is 10.0 Å². The summed E-state index contributed by atoms with van der Waals surface area (Å²) in [6.45, 7) is 1.93. The van der Waals surface area contributed by atoms with Gasteiger partial charge in [0, 0.05) is 18.0 Å². The Morgan fingerprint density at radius 3 is 2.78 bits per heavy atom. The normalized spacial score (nSPS) is 14.1. The van der Waals surface area contributed by atoms with Gasteiger partial charge in [-0.2, -0.15) is 16.1 Å². The second-order valence-corrected chi connectivity index (χ2v) is 8.21. The Morgan fingerprint density at radius 2 is 2.22 bits per heavy atom. The molecule has 1 aromatic rings. The summed E-state index contributed by atoms with van der Waals surface area (Å²) in [5.41, 5.74) is 0. The largest absolute Gasteiger partial charge is 0.244 e. The number of nitrogens with zero attached hydrogens (tertiary/aromatic N) is 1. The highest BCUT2D eigenvalue weighted by Crippen LogP contribution is 2.27. The smallest absolute Gasteiger partial charge is 0.207 e. The molecule has 104 valence electrons. The summed E-state index contributed by atoms with van der Waals surface area (Å²) in [6.07, 6.45) is 2.86. The first-order valence-corrected chi connectivity index (χ1v) is 9.79. The van der Waals surface area contributed by atoms with Gasteiger partial charge < -0.3 is 0 Å². The van der Waals surface area contributed by atoms with Crippen molar-refractivity contribution in [1.82, 2.24) is 4.31 Å². The van der Waals surface area contributed by atoms with E-state index in [9.17, 15) is 8.42 Å². The molecular formula is C11H18ClNO2S3. The molecule has 0 aliphatic heterocycles. The van der Waals surface area contributed by atoms with Crippen LogP contribution in [0.1, 0.15) is 18.2 Å². The molecular weight excluding hydrogens is 310 g/mol. The van der Waals surface area contributed by atoms with E-state index < -0.39 is 10.0 Å². The minimum atomic E-state index is -3.42. The van der Waals surface area contributed by atoms with Crippen molar-refractivity contribution in [3.63, 3.8) is 0 Å². The third kappa shape index (κ3) is 3.63. The van der Waals surface area contributed by atoms with Gasteiger partial charge in [0.05, 0.1) is 10.8 Å². The lowest BCUT2D eigenvalue weighted by molar-refractivity contribution is 0.382. The van der Waals surface area contributed by atoms with Crippen molar-refractivity contribution in [3.05, 3.63) is 16.3 Å². The Balaban J connectivity index is 2.92. The van der Waals surface area contributed by atoms with E-state index in [2.05, 4.69) is 0 Å². The first-order valence-electron chi connectivity index (χ1n) is 5.54. The molecule has 3 nitrogen and oxygen atoms in total. The van der Waals surface area contributed by atoms with Gasteiger partial charge in [-0.1, -0.05) is 0 Å². The van der Waals surface area contributed by atoms with E-state index in [4.69, 9.17) is 11.6 Å². The second-order valence-electron chi connectivity index (χ2n) is 3.99. The van der Waals surface area contributed by atoms with Crippen LogP contribution in [0.2, 0.25) is 0 Å². The summed E-state index contributed by atoms with van der Waals surface area (Å²) in [6, 6.07) is 1.63. The number of rotatable bonds is 7. The average Bonchev–Trinajstić information content (AvgIpc) is 2.83. The fraction of sp³-hybridized carbons (Fsp3) is 0.636. The molecule has 1 rings (SSSR count). The van der Waals surface area contributed by atoms with Crippen LogP contribution in [0, 0.1) is 0 Å². The summed E-state index contributed by atoms with van der Waals surface area (Å²) in [7, 11) is -1.78. The van der Waals surface area contributed by atoms with Gasteiger partial charge in [-0.15, -0.1) is 22.9 Å². The first kappa shape index (κ1) is 16.3. The molecule has 0 aliphatic carbocycles. The van der Waals surface area contributed by atoms with Crippen LogP contribution < -0.4 is 0 Å². The molecule has 0 N–H and O–H groups in total. The zero-order valence-corrected chi connectivity index (χ0v) is 13.9. The van der Waals surface area contributed by atoms with Crippen LogP contribution in [0.25, 0.3) is 0 Å². The fourth-order valence-corrected chi connectivity index (χ4v) is 5.16. The molecule has 0 bridgehead atoms. The molecule has 0 saturated carbocycles. The van der Waals surface area contributed by atoms with Crippen LogP contribution in [0.5, 0.6) is 0 Å². The predicted molar refractivity (Wildman–Crippen MR) is 81.3 cm³/mol. The zero-order chi connectivity index (χ0) is 13.8. The molecule has 18 heavy (non-hydrogen) atoms. The maximum absolute atomic E-state index is 12.4. The number of thioether (sulfide) groups is 1. The number of thiophene rings is 1. The van der Waals surface area contributed by atoms with Crippen LogP contribution in [-0.2, 0) is 15.9 Å². The molecule has 7 heteroatoms. The summed E-state index contributed by atoms with van der Waals surface area (Å²) >= 11 is 8.88. The third-order valence-electron chi connectivity index (χ3n) is 2.84. The fourth-order valence-electron chi connectivity index (χ4n) is 1.52. The van der Waals surface area contributed by atoms with Gasteiger partial charge in [0.25, 0.3) is 0 Å². The lowest BCUT2D eigenvalue weighted by Crippen LogP contribution is -2.35. The van der Waals surface area contributed by atoms with Gasteiger partial charge in [-0.25, -0.2) is 8.42 Å². The zero-order valence-electron chi connectivity index (χ0n) is 10.7. The Morgan fingerprint density at radius 1 is 1.56 bits per heavy atom. The lowest BCUT2D eigenvalue weighted by Gasteiger charge is -2.24. The van der Waals surface area contributed by atoms with Crippen molar-refractivity contribution < 1.29 is 8.42 Å². The van der Waals surface area contributed by atoms with Crippen LogP contribution in [0.4, 0.5) is 0 Å². The van der Waals surface area contributed by atoms with Crippen molar-refractivity contribution in [1.29, 1.82) is 0 Å². The second kappa shape index (κ2) is 7.14. The lowest BCUT2D eigenvalue weighted by atomic mass is 10.3. The molecule has 1 unspecified atom stereocenters. The van der Waals surface area contributed by atoms with Crippen molar-refractivity contribution in [2.45, 2.75) is 30.2 Å². The van der Waals surface area contributed by atoms with E-state index in [1.165, 1.54) is 15.6 Å². The molecule has 1 aromatic heterocycles. The third-order valence-corrected chi connectivity index (χ3v) is 7.02. The highest BCUT2D eigenvalue weighted by Gasteiger charge is 2.27. The van der Waals surface area contributed by atoms with Crippen LogP contribution >= 0.6 is 34.7 Å². The first-order chi connectivity index (χ1) is 8.45. The number of hydrogen-bond acceptors (Lipinski definition) is 4. The molecule has 0 aliphatic rings. The molecule has 0 spiro atoms. The molecule has 0 fully saturated rings. The molecule has 1 atom stereocenters. The Labute approximate surface area is 123 Å². The molecule has 0 saturated heterocycles. The van der Waals surface area contributed by atoms with E-state index >= 15 is 0 Å². The van der Waals surface area contributed by atoms with E-state index in [0.29, 0.717) is 9.77 Å². The predicted octanol–water partition coefficient (Wildman–Crippen LogP) is 3.25. The van der Waals surface area contributed by atoms with Crippen LogP contribution in [0.15, 0.2) is 16.3 Å². The molecule has 0 radical (unpaired) electrons. The quantitative estimate of drug-likeness (QED) is 0.721. The van der Waals surface area contributed by atoms with E-state index in [0.717, 1.165) is 12.2 Å². The van der Waals surface area contributed by atoms with E-state index in [1.807, 2.05) is 13.2 Å². The summed E-state index contributed by atoms with van der Waals surface area (Å²) < 4.78 is 26.3. The van der Waals surface area contributed by atoms with Gasteiger partial charge in [-0.3, -0.25) is 0 Å². The van der Waals surface area contributed by atoms with Crippen molar-refractivity contribution in [3.8, 4) is 0 Å². The van der Waals surface area contributed by atoms with Crippen LogP contribution in [0.3, 0.4) is 0 Å². The minimum Gasteiger partial charge on any atom is -0.207 e. The maximum Gasteiger partial charge on any atom is 0.244 e. The number of halogens is 1. The number of hydrogen-bond donors (Lipinski definition) is 0. The summed E-state index contributed by atoms with van der Waals surface area (Å²) in [5, 5.41) is 1.77. The molecule has 0 aromatic carbocycles. The van der Waals surface area contributed by atoms with E-state index in [-0.39, 0.29) is 11.9 Å². The monoisotopic (exact) mass is 327 g/mol.